The highest BCUT2D eigenvalue weighted by Gasteiger charge is 2.40. The zero-order valence-electron chi connectivity index (χ0n) is 30.9. The van der Waals surface area contributed by atoms with E-state index < -0.39 is 5.54 Å². The SMILES string of the molecule is CC1(N(c2ccc(-c3cccc4ccccc34)cc2)c2ccccc2-c2cccc3c2sc2ccccc23)CC=CC=C1c1cccc2c1sc1ccccc12. The fraction of sp³-hybridized carbons (Fsp3) is 0.0566. The number of thiophene rings is 2. The van der Waals surface area contributed by atoms with E-state index in [1.165, 1.54) is 90.2 Å². The summed E-state index contributed by atoms with van der Waals surface area (Å²) < 4.78 is 5.31. The maximum atomic E-state index is 2.64. The molecule has 56 heavy (non-hydrogen) atoms. The number of nitrogens with zero attached hydrogens (tertiary/aromatic N) is 1. The van der Waals surface area contributed by atoms with E-state index >= 15 is 0 Å². The van der Waals surface area contributed by atoms with Gasteiger partial charge in [0, 0.05) is 62.8 Å². The number of fused-ring (bicyclic) bond motifs is 7. The van der Waals surface area contributed by atoms with Crippen molar-refractivity contribution in [3.8, 4) is 22.3 Å². The van der Waals surface area contributed by atoms with Crippen molar-refractivity contribution in [1.82, 2.24) is 0 Å². The van der Waals surface area contributed by atoms with E-state index in [0.717, 1.165) is 12.1 Å². The van der Waals surface area contributed by atoms with Gasteiger partial charge in [0.2, 0.25) is 0 Å². The van der Waals surface area contributed by atoms with Crippen molar-refractivity contribution in [2.24, 2.45) is 0 Å². The van der Waals surface area contributed by atoms with Crippen molar-refractivity contribution < 1.29 is 0 Å². The van der Waals surface area contributed by atoms with E-state index in [4.69, 9.17) is 0 Å². The average Bonchev–Trinajstić information content (AvgIpc) is 3.83. The van der Waals surface area contributed by atoms with Crippen molar-refractivity contribution in [1.29, 1.82) is 0 Å². The van der Waals surface area contributed by atoms with Gasteiger partial charge in [0.15, 0.2) is 0 Å². The third kappa shape index (κ3) is 5.19. The van der Waals surface area contributed by atoms with Crippen molar-refractivity contribution in [2.45, 2.75) is 18.9 Å². The van der Waals surface area contributed by atoms with E-state index in [1.807, 2.05) is 22.7 Å². The van der Waals surface area contributed by atoms with E-state index in [1.54, 1.807) is 0 Å². The molecule has 1 unspecified atom stereocenters. The normalized spacial score (nSPS) is 15.6. The van der Waals surface area contributed by atoms with Crippen LogP contribution in [0.25, 0.3) is 78.9 Å². The third-order valence-electron chi connectivity index (χ3n) is 11.7. The Morgan fingerprint density at radius 3 is 1.75 bits per heavy atom. The number of rotatable bonds is 6. The molecule has 0 radical (unpaired) electrons. The minimum Gasteiger partial charge on any atom is -0.331 e. The van der Waals surface area contributed by atoms with Gasteiger partial charge in [-0.15, -0.1) is 22.7 Å². The predicted octanol–water partition coefficient (Wildman–Crippen LogP) is 15.8. The lowest BCUT2D eigenvalue weighted by atomic mass is 9.78. The van der Waals surface area contributed by atoms with Gasteiger partial charge in [-0.1, -0.05) is 164 Å². The summed E-state index contributed by atoms with van der Waals surface area (Å²) in [6.07, 6.45) is 7.83. The van der Waals surface area contributed by atoms with E-state index in [2.05, 4.69) is 206 Å². The summed E-state index contributed by atoms with van der Waals surface area (Å²) in [6.45, 7) is 2.45. The Morgan fingerprint density at radius 1 is 0.464 bits per heavy atom. The minimum absolute atomic E-state index is 0.426. The first-order chi connectivity index (χ1) is 27.7. The summed E-state index contributed by atoms with van der Waals surface area (Å²) in [5, 5.41) is 7.81. The van der Waals surface area contributed by atoms with Gasteiger partial charge in [-0.2, -0.15) is 0 Å². The Kier molecular flexibility index (Phi) is 7.80. The summed E-state index contributed by atoms with van der Waals surface area (Å²) >= 11 is 3.80. The largest absolute Gasteiger partial charge is 0.331 e. The Hall–Kier alpha value is -6.26. The summed E-state index contributed by atoms with van der Waals surface area (Å²) in [5.41, 5.74) is 9.53. The Bertz CT molecular complexity index is 3190. The first-order valence-electron chi connectivity index (χ1n) is 19.3. The van der Waals surface area contributed by atoms with Gasteiger partial charge < -0.3 is 4.90 Å². The van der Waals surface area contributed by atoms with Crippen molar-refractivity contribution >= 4 is 90.7 Å². The zero-order chi connectivity index (χ0) is 37.2. The van der Waals surface area contributed by atoms with E-state index in [9.17, 15) is 0 Å². The van der Waals surface area contributed by atoms with Crippen LogP contribution in [-0.4, -0.2) is 5.54 Å². The van der Waals surface area contributed by atoms with Crippen LogP contribution in [0.1, 0.15) is 18.9 Å². The highest BCUT2D eigenvalue weighted by molar-refractivity contribution is 7.26. The lowest BCUT2D eigenvalue weighted by Gasteiger charge is -2.46. The monoisotopic (exact) mass is 751 g/mol. The maximum Gasteiger partial charge on any atom is 0.0715 e. The molecule has 0 amide bonds. The number of para-hydroxylation sites is 1. The van der Waals surface area contributed by atoms with Gasteiger partial charge in [0.1, 0.15) is 0 Å². The lowest BCUT2D eigenvalue weighted by Crippen LogP contribution is -2.45. The van der Waals surface area contributed by atoms with Gasteiger partial charge in [-0.25, -0.2) is 0 Å². The molecule has 0 N–H and O–H groups in total. The van der Waals surface area contributed by atoms with Gasteiger partial charge >= 0.3 is 0 Å². The second-order valence-corrected chi connectivity index (χ2v) is 17.1. The molecule has 8 aromatic carbocycles. The van der Waals surface area contributed by atoms with Gasteiger partial charge in [-0.3, -0.25) is 0 Å². The maximum absolute atomic E-state index is 2.64. The quantitative estimate of drug-likeness (QED) is 0.164. The second kappa shape index (κ2) is 13.2. The number of hydrogen-bond acceptors (Lipinski definition) is 3. The van der Waals surface area contributed by atoms with Gasteiger partial charge in [0.25, 0.3) is 0 Å². The molecule has 0 aliphatic heterocycles. The molecule has 0 saturated heterocycles. The molecule has 0 fully saturated rings. The first kappa shape index (κ1) is 33.1. The molecule has 1 aliphatic carbocycles. The van der Waals surface area contributed by atoms with Crippen LogP contribution < -0.4 is 4.90 Å². The zero-order valence-corrected chi connectivity index (χ0v) is 32.6. The molecule has 10 aromatic rings. The highest BCUT2D eigenvalue weighted by Crippen LogP contribution is 2.51. The van der Waals surface area contributed by atoms with E-state index in [0.29, 0.717) is 0 Å². The molecule has 0 bridgehead atoms. The molecular weight excluding hydrogens is 715 g/mol. The Morgan fingerprint density at radius 2 is 1.00 bits per heavy atom. The number of hydrogen-bond donors (Lipinski definition) is 0. The fourth-order valence-corrected chi connectivity index (χ4v) is 11.6. The van der Waals surface area contributed by atoms with Crippen LogP contribution in [0.5, 0.6) is 0 Å². The second-order valence-electron chi connectivity index (χ2n) is 15.0. The molecule has 0 spiro atoms. The van der Waals surface area contributed by atoms with Crippen molar-refractivity contribution in [2.75, 3.05) is 4.90 Å². The van der Waals surface area contributed by atoms with Crippen LogP contribution in [0.15, 0.2) is 194 Å². The summed E-state index contributed by atoms with van der Waals surface area (Å²) in [4.78, 5) is 2.64. The Balaban J connectivity index is 1.14. The summed E-state index contributed by atoms with van der Waals surface area (Å²) in [6, 6.07) is 65.0. The molecule has 0 saturated carbocycles. The molecule has 11 rings (SSSR count). The van der Waals surface area contributed by atoms with Crippen LogP contribution in [0.4, 0.5) is 11.4 Å². The number of allylic oxidation sites excluding steroid dienone is 2. The topological polar surface area (TPSA) is 3.24 Å². The molecule has 266 valence electrons. The standard InChI is InChI=1S/C53H37NS2/c1-53(34-11-10-26-47(53)46-25-14-24-45-42-20-6-9-29-50(42)56-52(45)46)54(37-32-30-36(31-33-37)39-21-12-16-35-15-2-3-17-38(35)39)48-27-7-4-18-40(48)43-22-13-23-44-41-19-5-8-28-49(41)55-51(43)44/h2-33H,34H2,1H3. The molecule has 1 aliphatic rings. The van der Waals surface area contributed by atoms with Crippen LogP contribution in [0.3, 0.4) is 0 Å². The molecule has 2 heterocycles. The molecule has 2 aromatic heterocycles. The minimum atomic E-state index is -0.426. The van der Waals surface area contributed by atoms with Crippen LogP contribution in [-0.2, 0) is 0 Å². The van der Waals surface area contributed by atoms with Crippen molar-refractivity contribution in [3.63, 3.8) is 0 Å². The fourth-order valence-electron chi connectivity index (χ4n) is 9.11. The van der Waals surface area contributed by atoms with Crippen LogP contribution >= 0.6 is 22.7 Å². The average molecular weight is 752 g/mol. The van der Waals surface area contributed by atoms with Crippen molar-refractivity contribution in [3.05, 3.63) is 200 Å². The van der Waals surface area contributed by atoms with Gasteiger partial charge in [-0.05, 0) is 76.7 Å². The first-order valence-corrected chi connectivity index (χ1v) is 21.0. The van der Waals surface area contributed by atoms with Crippen LogP contribution in [0.2, 0.25) is 0 Å². The van der Waals surface area contributed by atoms with E-state index in [-0.39, 0.29) is 0 Å². The number of anilines is 2. The molecular formula is C53H37NS2. The number of benzene rings is 8. The summed E-state index contributed by atoms with van der Waals surface area (Å²) in [5.74, 6) is 0. The summed E-state index contributed by atoms with van der Waals surface area (Å²) in [7, 11) is 0. The molecule has 3 heteroatoms. The highest BCUT2D eigenvalue weighted by atomic mass is 32.1. The third-order valence-corrected chi connectivity index (χ3v) is 14.2. The Labute approximate surface area is 334 Å². The van der Waals surface area contributed by atoms with Crippen LogP contribution in [0, 0.1) is 0 Å². The molecule has 1 nitrogen and oxygen atoms in total. The van der Waals surface area contributed by atoms with Gasteiger partial charge in [0.05, 0.1) is 5.54 Å². The predicted molar refractivity (Wildman–Crippen MR) is 246 cm³/mol. The molecule has 1 atom stereocenters. The smallest absolute Gasteiger partial charge is 0.0715 e. The lowest BCUT2D eigenvalue weighted by molar-refractivity contribution is 0.589.